The van der Waals surface area contributed by atoms with E-state index < -0.39 is 0 Å². The molecule has 1 aliphatic rings. The van der Waals surface area contributed by atoms with Gasteiger partial charge in [0.05, 0.1) is 18.0 Å². The predicted octanol–water partition coefficient (Wildman–Crippen LogP) is 4.77. The molecule has 4 rings (SSSR count). The number of carbonyl (C=O) groups is 1. The fourth-order valence-electron chi connectivity index (χ4n) is 4.70. The van der Waals surface area contributed by atoms with Crippen molar-refractivity contribution in [1.29, 1.82) is 0 Å². The van der Waals surface area contributed by atoms with Crippen molar-refractivity contribution in [3.8, 4) is 11.6 Å². The molecule has 33 heavy (non-hydrogen) atoms. The van der Waals surface area contributed by atoms with Crippen LogP contribution < -0.4 is 4.74 Å². The molecular weight excluding hydrogens is 418 g/mol. The topological polar surface area (TPSA) is 82.4 Å². The summed E-state index contributed by atoms with van der Waals surface area (Å²) in [6.45, 7) is 13.4. The van der Waals surface area contributed by atoms with Crippen molar-refractivity contribution >= 4 is 17.1 Å². The Kier molecular flexibility index (Phi) is 6.54. The highest BCUT2D eigenvalue weighted by Crippen LogP contribution is 2.29. The number of aromatic nitrogens is 4. The molecule has 1 fully saturated rings. The van der Waals surface area contributed by atoms with E-state index in [4.69, 9.17) is 9.47 Å². The third-order valence-electron chi connectivity index (χ3n) is 5.97. The molecule has 8 heteroatoms. The molecule has 1 aromatic carbocycles. The number of nitrogens with zero attached hydrogens (tertiary/aromatic N) is 5. The van der Waals surface area contributed by atoms with Gasteiger partial charge in [-0.15, -0.1) is 0 Å². The quantitative estimate of drug-likeness (QED) is 0.569. The summed E-state index contributed by atoms with van der Waals surface area (Å²) in [6, 6.07) is 4.30. The van der Waals surface area contributed by atoms with Crippen molar-refractivity contribution in [2.75, 3.05) is 13.1 Å². The van der Waals surface area contributed by atoms with Gasteiger partial charge < -0.3 is 14.4 Å². The van der Waals surface area contributed by atoms with E-state index in [1.54, 1.807) is 11.1 Å². The molecule has 2 aromatic heterocycles. The Morgan fingerprint density at radius 2 is 1.88 bits per heavy atom. The Bertz CT molecular complexity index is 1130. The van der Waals surface area contributed by atoms with Gasteiger partial charge in [0.15, 0.2) is 5.65 Å². The van der Waals surface area contributed by atoms with Crippen LogP contribution in [0.15, 0.2) is 24.7 Å². The van der Waals surface area contributed by atoms with Gasteiger partial charge in [-0.2, -0.15) is 5.10 Å². The van der Waals surface area contributed by atoms with Gasteiger partial charge in [-0.05, 0) is 58.1 Å². The number of hydrogen-bond acceptors (Lipinski definition) is 6. The number of amides is 1. The highest BCUT2D eigenvalue weighted by molar-refractivity contribution is 5.81. The van der Waals surface area contributed by atoms with Gasteiger partial charge in [0.25, 0.3) is 0 Å². The largest absolute Gasteiger partial charge is 0.474 e. The second-order valence-corrected chi connectivity index (χ2v) is 9.47. The SMILES string of the molecule is Cc1cc(C)c(-n2ncc3c(OC4CCN(C(=O)OC(C)C)CC(C)C4)ncnc32)c(C)c1. The monoisotopic (exact) mass is 451 g/mol. The van der Waals surface area contributed by atoms with Gasteiger partial charge in [-0.25, -0.2) is 19.4 Å². The zero-order valence-electron chi connectivity index (χ0n) is 20.3. The van der Waals surface area contributed by atoms with Crippen LogP contribution in [-0.4, -0.2) is 56.0 Å². The average molecular weight is 452 g/mol. The van der Waals surface area contributed by atoms with Gasteiger partial charge >= 0.3 is 6.09 Å². The maximum atomic E-state index is 12.4. The first-order chi connectivity index (χ1) is 15.7. The molecule has 8 nitrogen and oxygen atoms in total. The molecule has 2 unspecified atom stereocenters. The van der Waals surface area contributed by atoms with E-state index in [9.17, 15) is 4.79 Å². The van der Waals surface area contributed by atoms with E-state index in [2.05, 4.69) is 54.9 Å². The summed E-state index contributed by atoms with van der Waals surface area (Å²) < 4.78 is 13.6. The van der Waals surface area contributed by atoms with Crippen molar-refractivity contribution < 1.29 is 14.3 Å². The predicted molar refractivity (Wildman–Crippen MR) is 127 cm³/mol. The highest BCUT2D eigenvalue weighted by atomic mass is 16.6. The first-order valence-corrected chi connectivity index (χ1v) is 11.6. The van der Waals surface area contributed by atoms with Gasteiger partial charge in [0.2, 0.25) is 5.88 Å². The second kappa shape index (κ2) is 9.37. The van der Waals surface area contributed by atoms with Gasteiger partial charge in [-0.1, -0.05) is 24.6 Å². The van der Waals surface area contributed by atoms with Crippen LogP contribution in [-0.2, 0) is 4.74 Å². The molecule has 176 valence electrons. The Labute approximate surface area is 194 Å². The fraction of sp³-hybridized carbons (Fsp3) is 0.520. The Morgan fingerprint density at radius 1 is 1.15 bits per heavy atom. The number of likely N-dealkylation sites (tertiary alicyclic amines) is 1. The summed E-state index contributed by atoms with van der Waals surface area (Å²) in [5, 5.41) is 5.41. The zero-order chi connectivity index (χ0) is 23.7. The number of ether oxygens (including phenoxy) is 2. The molecule has 1 saturated heterocycles. The number of aryl methyl sites for hydroxylation is 3. The fourth-order valence-corrected chi connectivity index (χ4v) is 4.70. The summed E-state index contributed by atoms with van der Waals surface area (Å²) in [7, 11) is 0. The van der Waals surface area contributed by atoms with Gasteiger partial charge in [-0.3, -0.25) is 0 Å². The summed E-state index contributed by atoms with van der Waals surface area (Å²) in [6.07, 6.45) is 4.41. The highest BCUT2D eigenvalue weighted by Gasteiger charge is 2.28. The van der Waals surface area contributed by atoms with E-state index in [1.165, 1.54) is 11.9 Å². The Morgan fingerprint density at radius 3 is 2.58 bits per heavy atom. The Balaban J connectivity index is 1.57. The molecule has 0 N–H and O–H groups in total. The summed E-state index contributed by atoms with van der Waals surface area (Å²) in [4.78, 5) is 23.1. The maximum Gasteiger partial charge on any atom is 0.410 e. The number of fused-ring (bicyclic) bond motifs is 1. The summed E-state index contributed by atoms with van der Waals surface area (Å²) >= 11 is 0. The molecule has 1 amide bonds. The summed E-state index contributed by atoms with van der Waals surface area (Å²) in [5.74, 6) is 0.819. The smallest absolute Gasteiger partial charge is 0.410 e. The van der Waals surface area contributed by atoms with Crippen LogP contribution in [0.4, 0.5) is 4.79 Å². The molecule has 1 aliphatic heterocycles. The van der Waals surface area contributed by atoms with E-state index >= 15 is 0 Å². The lowest BCUT2D eigenvalue weighted by Gasteiger charge is -2.23. The van der Waals surface area contributed by atoms with Crippen LogP contribution in [0.3, 0.4) is 0 Å². The van der Waals surface area contributed by atoms with Crippen molar-refractivity contribution in [2.45, 2.75) is 66.6 Å². The molecule has 0 aliphatic carbocycles. The van der Waals surface area contributed by atoms with Gasteiger partial charge in [0, 0.05) is 19.5 Å². The summed E-state index contributed by atoms with van der Waals surface area (Å²) in [5.41, 5.74) is 5.26. The minimum atomic E-state index is -0.257. The molecule has 0 bridgehead atoms. The molecule has 3 heterocycles. The minimum Gasteiger partial charge on any atom is -0.474 e. The zero-order valence-corrected chi connectivity index (χ0v) is 20.3. The van der Waals surface area contributed by atoms with Crippen LogP contribution in [0.2, 0.25) is 0 Å². The van der Waals surface area contributed by atoms with Crippen LogP contribution in [0.5, 0.6) is 5.88 Å². The van der Waals surface area contributed by atoms with E-state index in [0.717, 1.165) is 34.3 Å². The lowest BCUT2D eigenvalue weighted by Crippen LogP contribution is -2.35. The lowest BCUT2D eigenvalue weighted by molar-refractivity contribution is 0.0744. The lowest BCUT2D eigenvalue weighted by atomic mass is 10.0. The van der Waals surface area contributed by atoms with Crippen molar-refractivity contribution in [1.82, 2.24) is 24.6 Å². The molecule has 0 saturated carbocycles. The van der Waals surface area contributed by atoms with Crippen molar-refractivity contribution in [3.63, 3.8) is 0 Å². The van der Waals surface area contributed by atoms with Crippen molar-refractivity contribution in [2.24, 2.45) is 5.92 Å². The minimum absolute atomic E-state index is 0.0545. The first-order valence-electron chi connectivity index (χ1n) is 11.6. The second-order valence-electron chi connectivity index (χ2n) is 9.47. The molecule has 0 radical (unpaired) electrons. The van der Waals surface area contributed by atoms with E-state index in [0.29, 0.717) is 25.4 Å². The molecule has 0 spiro atoms. The van der Waals surface area contributed by atoms with Crippen LogP contribution >= 0.6 is 0 Å². The molecule has 2 atom stereocenters. The maximum absolute atomic E-state index is 12.4. The Hall–Kier alpha value is -3.16. The first kappa shape index (κ1) is 23.0. The standard InChI is InChI=1S/C25H33N5O3/c1-15(2)32-25(31)29-8-7-20(11-17(4)13-29)33-24-21-12-28-30(23(21)26-14-27-24)22-18(5)9-16(3)10-19(22)6/h9-10,12,14-15,17,20H,7-8,11,13H2,1-6H3. The average Bonchev–Trinajstić information content (AvgIpc) is 3.04. The van der Waals surface area contributed by atoms with Crippen LogP contribution in [0, 0.1) is 26.7 Å². The van der Waals surface area contributed by atoms with Crippen LogP contribution in [0.1, 0.15) is 50.3 Å². The number of rotatable bonds is 4. The van der Waals surface area contributed by atoms with Crippen molar-refractivity contribution in [3.05, 3.63) is 41.3 Å². The molecular formula is C25H33N5O3. The number of carbonyl (C=O) groups excluding carboxylic acids is 1. The third kappa shape index (κ3) is 4.94. The number of hydrogen-bond donors (Lipinski definition) is 0. The normalized spacial score (nSPS) is 19.1. The van der Waals surface area contributed by atoms with Gasteiger partial charge in [0.1, 0.15) is 17.8 Å². The van der Waals surface area contributed by atoms with Crippen LogP contribution in [0.25, 0.3) is 16.7 Å². The van der Waals surface area contributed by atoms with E-state index in [-0.39, 0.29) is 24.2 Å². The molecule has 3 aromatic rings. The third-order valence-corrected chi connectivity index (χ3v) is 5.97. The van der Waals surface area contributed by atoms with E-state index in [1.807, 2.05) is 18.5 Å². The number of benzene rings is 1.